The lowest BCUT2D eigenvalue weighted by molar-refractivity contribution is 0.0724. The van der Waals surface area contributed by atoms with Crippen molar-refractivity contribution in [1.29, 1.82) is 0 Å². The van der Waals surface area contributed by atoms with Gasteiger partial charge in [-0.05, 0) is 63.1 Å². The first-order chi connectivity index (χ1) is 15.1. The molecule has 0 spiro atoms. The molecule has 1 heterocycles. The van der Waals surface area contributed by atoms with Crippen molar-refractivity contribution in [2.24, 2.45) is 4.99 Å². The molecule has 1 saturated carbocycles. The molecule has 1 aromatic rings. The van der Waals surface area contributed by atoms with Crippen molar-refractivity contribution in [3.63, 3.8) is 0 Å². The highest BCUT2D eigenvalue weighted by Gasteiger charge is 2.26. The van der Waals surface area contributed by atoms with Gasteiger partial charge in [-0.3, -0.25) is 9.00 Å². The Labute approximate surface area is 212 Å². The summed E-state index contributed by atoms with van der Waals surface area (Å²) in [5, 5.41) is 7.18. The molecule has 2 aliphatic rings. The molecule has 0 radical (unpaired) electrons. The summed E-state index contributed by atoms with van der Waals surface area (Å²) in [6.07, 6.45) is 7.60. The molecule has 2 fully saturated rings. The van der Waals surface area contributed by atoms with E-state index in [0.29, 0.717) is 12.6 Å². The number of rotatable bonds is 7. The zero-order valence-corrected chi connectivity index (χ0v) is 22.6. The van der Waals surface area contributed by atoms with Crippen LogP contribution in [0, 0.1) is 0 Å². The highest BCUT2D eigenvalue weighted by atomic mass is 127. The van der Waals surface area contributed by atoms with E-state index >= 15 is 0 Å². The number of amides is 1. The summed E-state index contributed by atoms with van der Waals surface area (Å²) < 4.78 is 12.2. The fourth-order valence-electron chi connectivity index (χ4n) is 4.52. The van der Waals surface area contributed by atoms with Crippen LogP contribution in [0.15, 0.2) is 29.3 Å². The molecular weight excluding hydrogens is 535 g/mol. The molecule has 3 unspecified atom stereocenters. The van der Waals surface area contributed by atoms with E-state index in [1.807, 2.05) is 36.1 Å². The van der Waals surface area contributed by atoms with Crippen molar-refractivity contribution in [3.05, 3.63) is 35.4 Å². The number of hydrogen-bond acceptors (Lipinski definition) is 3. The standard InChI is InChI=1S/C24H38N4O2S.HI/c1-3-25-24(27-21-12-9-13-22(17-21)31(30)4-2)26-18-19-10-8-11-20(16-19)23(29)28-14-6-5-7-15-28;/h8,10-11,16,21-22H,3-7,9,12-15,17-18H2,1-2H3,(H2,25,26,27);1H. The Hall–Kier alpha value is -1.16. The van der Waals surface area contributed by atoms with Crippen LogP contribution in [-0.4, -0.2) is 57.7 Å². The molecule has 0 bridgehead atoms. The SMILES string of the molecule is CCNC(=NCc1cccc(C(=O)N2CCCCC2)c1)NC1CCCC(S(=O)CC)C1.I. The van der Waals surface area contributed by atoms with Gasteiger partial charge in [0, 0.05) is 53.0 Å². The Morgan fingerprint density at radius 3 is 2.66 bits per heavy atom. The number of nitrogens with zero attached hydrogens (tertiary/aromatic N) is 2. The van der Waals surface area contributed by atoms with Crippen LogP contribution in [0.1, 0.15) is 74.7 Å². The fourth-order valence-corrected chi connectivity index (χ4v) is 5.86. The molecule has 1 amide bonds. The van der Waals surface area contributed by atoms with Gasteiger partial charge in [0.25, 0.3) is 5.91 Å². The van der Waals surface area contributed by atoms with Crippen LogP contribution in [0.5, 0.6) is 0 Å². The first-order valence-corrected chi connectivity index (χ1v) is 13.3. The molecule has 1 aliphatic heterocycles. The summed E-state index contributed by atoms with van der Waals surface area (Å²) >= 11 is 0. The summed E-state index contributed by atoms with van der Waals surface area (Å²) in [6, 6.07) is 8.17. The van der Waals surface area contributed by atoms with Crippen LogP contribution in [0.25, 0.3) is 0 Å². The van der Waals surface area contributed by atoms with Crippen molar-refractivity contribution in [3.8, 4) is 0 Å². The molecular formula is C24H39IN4O2S. The van der Waals surface area contributed by atoms with Crippen molar-refractivity contribution in [1.82, 2.24) is 15.5 Å². The van der Waals surface area contributed by atoms with E-state index in [2.05, 4.69) is 17.6 Å². The van der Waals surface area contributed by atoms with E-state index in [0.717, 1.165) is 81.0 Å². The minimum Gasteiger partial charge on any atom is -0.357 e. The van der Waals surface area contributed by atoms with Crippen LogP contribution in [0.4, 0.5) is 0 Å². The molecule has 1 saturated heterocycles. The van der Waals surface area contributed by atoms with Gasteiger partial charge >= 0.3 is 0 Å². The van der Waals surface area contributed by atoms with Crippen molar-refractivity contribution in [2.45, 2.75) is 76.6 Å². The second-order valence-corrected chi connectivity index (χ2v) is 10.6. The van der Waals surface area contributed by atoms with Gasteiger partial charge in [0.1, 0.15) is 0 Å². The van der Waals surface area contributed by atoms with E-state index in [9.17, 15) is 9.00 Å². The summed E-state index contributed by atoms with van der Waals surface area (Å²) in [6.45, 7) is 7.10. The van der Waals surface area contributed by atoms with Gasteiger partial charge in [-0.2, -0.15) is 0 Å². The first kappa shape index (κ1) is 27.1. The van der Waals surface area contributed by atoms with Gasteiger partial charge in [-0.25, -0.2) is 4.99 Å². The molecule has 2 N–H and O–H groups in total. The van der Waals surface area contributed by atoms with Crippen molar-refractivity contribution < 1.29 is 9.00 Å². The van der Waals surface area contributed by atoms with Crippen LogP contribution in [0.3, 0.4) is 0 Å². The topological polar surface area (TPSA) is 73.8 Å². The van der Waals surface area contributed by atoms with E-state index in [1.54, 1.807) is 0 Å². The molecule has 6 nitrogen and oxygen atoms in total. The van der Waals surface area contributed by atoms with Crippen LogP contribution >= 0.6 is 24.0 Å². The summed E-state index contributed by atoms with van der Waals surface area (Å²) in [7, 11) is -0.732. The molecule has 8 heteroatoms. The maximum atomic E-state index is 12.8. The number of piperidine rings is 1. The van der Waals surface area contributed by atoms with Gasteiger partial charge in [-0.15, -0.1) is 24.0 Å². The Bertz CT molecular complexity index is 783. The van der Waals surface area contributed by atoms with Gasteiger partial charge in [0.2, 0.25) is 0 Å². The average molecular weight is 575 g/mol. The van der Waals surface area contributed by atoms with E-state index in [4.69, 9.17) is 4.99 Å². The van der Waals surface area contributed by atoms with Crippen LogP contribution in [0.2, 0.25) is 0 Å². The minimum atomic E-state index is -0.732. The van der Waals surface area contributed by atoms with Crippen LogP contribution < -0.4 is 10.6 Å². The highest BCUT2D eigenvalue weighted by molar-refractivity contribution is 14.0. The van der Waals surface area contributed by atoms with Crippen LogP contribution in [-0.2, 0) is 17.3 Å². The first-order valence-electron chi connectivity index (χ1n) is 11.9. The molecule has 3 rings (SSSR count). The number of hydrogen-bond donors (Lipinski definition) is 2. The second-order valence-electron chi connectivity index (χ2n) is 8.55. The number of carbonyl (C=O) groups excluding carboxylic acids is 1. The molecule has 180 valence electrons. The summed E-state index contributed by atoms with van der Waals surface area (Å²) in [4.78, 5) is 19.6. The van der Waals surface area contributed by atoms with E-state index < -0.39 is 10.8 Å². The smallest absolute Gasteiger partial charge is 0.253 e. The lowest BCUT2D eigenvalue weighted by atomic mass is 9.95. The van der Waals surface area contributed by atoms with E-state index in [1.165, 1.54) is 6.42 Å². The Morgan fingerprint density at radius 1 is 1.16 bits per heavy atom. The van der Waals surface area contributed by atoms with Crippen molar-refractivity contribution in [2.75, 3.05) is 25.4 Å². The van der Waals surface area contributed by atoms with Crippen molar-refractivity contribution >= 4 is 46.6 Å². The molecule has 3 atom stereocenters. The normalized spacial score (nSPS) is 22.6. The number of carbonyl (C=O) groups is 1. The number of halogens is 1. The molecule has 0 aromatic heterocycles. The lowest BCUT2D eigenvalue weighted by Crippen LogP contribution is -2.46. The minimum absolute atomic E-state index is 0. The third kappa shape index (κ3) is 8.01. The largest absolute Gasteiger partial charge is 0.357 e. The predicted octanol–water partition coefficient (Wildman–Crippen LogP) is 4.07. The summed E-state index contributed by atoms with van der Waals surface area (Å²) in [5.41, 5.74) is 1.79. The second kappa shape index (κ2) is 14.2. The molecule has 32 heavy (non-hydrogen) atoms. The summed E-state index contributed by atoms with van der Waals surface area (Å²) in [5.74, 6) is 1.66. The number of nitrogens with one attached hydrogen (secondary N) is 2. The van der Waals surface area contributed by atoms with E-state index in [-0.39, 0.29) is 35.1 Å². The number of benzene rings is 1. The maximum Gasteiger partial charge on any atom is 0.253 e. The Kier molecular flexibility index (Phi) is 12.0. The predicted molar refractivity (Wildman–Crippen MR) is 144 cm³/mol. The zero-order valence-electron chi connectivity index (χ0n) is 19.5. The van der Waals surface area contributed by atoms with Gasteiger partial charge < -0.3 is 15.5 Å². The lowest BCUT2D eigenvalue weighted by Gasteiger charge is -2.30. The average Bonchev–Trinajstić information content (AvgIpc) is 2.82. The third-order valence-corrected chi connectivity index (χ3v) is 7.95. The Morgan fingerprint density at radius 2 is 1.94 bits per heavy atom. The zero-order chi connectivity index (χ0) is 22.1. The van der Waals surface area contributed by atoms with Gasteiger partial charge in [-0.1, -0.05) is 25.5 Å². The quantitative estimate of drug-likeness (QED) is 0.293. The number of likely N-dealkylation sites (tertiary alicyclic amines) is 1. The molecule has 1 aliphatic carbocycles. The Balaban J connectivity index is 0.00000363. The number of aliphatic imine (C=N–C) groups is 1. The van der Waals surface area contributed by atoms with Gasteiger partial charge in [0.15, 0.2) is 5.96 Å². The third-order valence-electron chi connectivity index (χ3n) is 6.20. The number of guanidine groups is 1. The highest BCUT2D eigenvalue weighted by Crippen LogP contribution is 2.23. The fraction of sp³-hybridized carbons (Fsp3) is 0.667. The molecule has 1 aromatic carbocycles. The monoisotopic (exact) mass is 574 g/mol. The van der Waals surface area contributed by atoms with Gasteiger partial charge in [0.05, 0.1) is 6.54 Å². The maximum absolute atomic E-state index is 12.8.